The smallest absolute Gasteiger partial charge is 0.260 e. The molecule has 0 heterocycles. The number of ether oxygens (including phenoxy) is 1. The average molecular weight is 250 g/mol. The van der Waals surface area contributed by atoms with Crippen LogP contribution in [0.15, 0.2) is 24.3 Å². The molecule has 1 amide bonds. The Balaban J connectivity index is 2.69. The number of amides is 1. The molecule has 0 radical (unpaired) electrons. The molecule has 1 aromatic carbocycles. The Morgan fingerprint density at radius 2 is 2.00 bits per heavy atom. The molecule has 1 aromatic rings. The normalized spacial score (nSPS) is 12.3. The van der Waals surface area contributed by atoms with Gasteiger partial charge in [-0.2, -0.15) is 0 Å². The number of hydrogen-bond donors (Lipinski definition) is 2. The molecule has 0 aliphatic rings. The minimum atomic E-state index is -0.517. The van der Waals surface area contributed by atoms with Gasteiger partial charge in [0.25, 0.3) is 5.91 Å². The topological polar surface area (TPSA) is 64.3 Å². The van der Waals surface area contributed by atoms with Crippen molar-refractivity contribution >= 4 is 5.91 Å². The van der Waals surface area contributed by atoms with E-state index in [1.54, 1.807) is 6.92 Å². The molecule has 18 heavy (non-hydrogen) atoms. The molecule has 1 rings (SSSR count). The van der Waals surface area contributed by atoms with Crippen LogP contribution < -0.4 is 15.8 Å². The van der Waals surface area contributed by atoms with Gasteiger partial charge in [0.1, 0.15) is 5.75 Å². The molecule has 0 aliphatic heterocycles. The van der Waals surface area contributed by atoms with Crippen molar-refractivity contribution in [3.05, 3.63) is 29.8 Å². The number of carbonyl (C=O) groups is 1. The number of nitrogens with one attached hydrogen (secondary N) is 1. The number of benzene rings is 1. The van der Waals surface area contributed by atoms with Crippen molar-refractivity contribution in [2.24, 2.45) is 5.73 Å². The van der Waals surface area contributed by atoms with Crippen LogP contribution in [0, 0.1) is 0 Å². The fourth-order valence-electron chi connectivity index (χ4n) is 1.65. The molecular weight excluding hydrogens is 228 g/mol. The van der Waals surface area contributed by atoms with Crippen LogP contribution in [0.25, 0.3) is 0 Å². The van der Waals surface area contributed by atoms with Crippen LogP contribution in [-0.2, 0) is 4.79 Å². The van der Waals surface area contributed by atoms with Crippen molar-refractivity contribution in [3.8, 4) is 5.75 Å². The number of nitrogens with two attached hydrogens (primary N) is 1. The lowest BCUT2D eigenvalue weighted by molar-refractivity contribution is -0.127. The standard InChI is InChI=1S/C14H22N2O2/c1-10(2)12-6-4-5-7-13(12)18-11(3)14(17)16-9-8-15/h4-7,10-11H,8-9,15H2,1-3H3,(H,16,17). The minimum Gasteiger partial charge on any atom is -0.481 e. The number of carbonyl (C=O) groups excluding carboxylic acids is 1. The third-order valence-corrected chi connectivity index (χ3v) is 2.66. The zero-order valence-electron chi connectivity index (χ0n) is 11.3. The van der Waals surface area contributed by atoms with Gasteiger partial charge in [0.15, 0.2) is 6.10 Å². The highest BCUT2D eigenvalue weighted by molar-refractivity contribution is 5.80. The van der Waals surface area contributed by atoms with Crippen molar-refractivity contribution in [2.75, 3.05) is 13.1 Å². The molecule has 0 fully saturated rings. The lowest BCUT2D eigenvalue weighted by atomic mass is 10.0. The summed E-state index contributed by atoms with van der Waals surface area (Å²) in [6.45, 7) is 6.84. The van der Waals surface area contributed by atoms with E-state index in [9.17, 15) is 4.79 Å². The average Bonchev–Trinajstić information content (AvgIpc) is 2.36. The van der Waals surface area contributed by atoms with E-state index < -0.39 is 6.10 Å². The first-order chi connectivity index (χ1) is 8.56. The molecule has 4 heteroatoms. The molecule has 0 bridgehead atoms. The highest BCUT2D eigenvalue weighted by Crippen LogP contribution is 2.26. The summed E-state index contributed by atoms with van der Waals surface area (Å²) in [6, 6.07) is 7.79. The number of hydrogen-bond acceptors (Lipinski definition) is 3. The minimum absolute atomic E-state index is 0.140. The van der Waals surface area contributed by atoms with Gasteiger partial charge in [-0.25, -0.2) is 0 Å². The van der Waals surface area contributed by atoms with Crippen LogP contribution in [0.2, 0.25) is 0 Å². The lowest BCUT2D eigenvalue weighted by Gasteiger charge is -2.18. The molecule has 0 saturated carbocycles. The molecular formula is C14H22N2O2. The van der Waals surface area contributed by atoms with Crippen molar-refractivity contribution in [1.82, 2.24) is 5.32 Å². The van der Waals surface area contributed by atoms with E-state index in [1.165, 1.54) is 0 Å². The Hall–Kier alpha value is -1.55. The van der Waals surface area contributed by atoms with Crippen molar-refractivity contribution in [1.29, 1.82) is 0 Å². The predicted octanol–water partition coefficient (Wildman–Crippen LogP) is 1.65. The van der Waals surface area contributed by atoms with Gasteiger partial charge in [-0.1, -0.05) is 32.0 Å². The Bertz CT molecular complexity index is 391. The second-order valence-corrected chi connectivity index (χ2v) is 4.53. The number of para-hydroxylation sites is 1. The van der Waals surface area contributed by atoms with Crippen LogP contribution in [-0.4, -0.2) is 25.1 Å². The monoisotopic (exact) mass is 250 g/mol. The predicted molar refractivity (Wildman–Crippen MR) is 72.7 cm³/mol. The summed E-state index contributed by atoms with van der Waals surface area (Å²) in [7, 11) is 0. The van der Waals surface area contributed by atoms with E-state index >= 15 is 0 Å². The SMILES string of the molecule is CC(Oc1ccccc1C(C)C)C(=O)NCCN. The summed E-state index contributed by atoms with van der Waals surface area (Å²) in [5.41, 5.74) is 6.45. The summed E-state index contributed by atoms with van der Waals surface area (Å²) in [5.74, 6) is 0.988. The van der Waals surface area contributed by atoms with Gasteiger partial charge in [-0.3, -0.25) is 4.79 Å². The van der Waals surface area contributed by atoms with Crippen molar-refractivity contribution in [2.45, 2.75) is 32.8 Å². The van der Waals surface area contributed by atoms with Crippen LogP contribution in [0.4, 0.5) is 0 Å². The fourth-order valence-corrected chi connectivity index (χ4v) is 1.65. The number of rotatable bonds is 6. The summed E-state index contributed by atoms with van der Waals surface area (Å²) in [6.07, 6.45) is -0.517. The van der Waals surface area contributed by atoms with E-state index in [4.69, 9.17) is 10.5 Å². The van der Waals surface area contributed by atoms with Gasteiger partial charge < -0.3 is 15.8 Å². The van der Waals surface area contributed by atoms with Gasteiger partial charge in [0.2, 0.25) is 0 Å². The Kier molecular flexibility index (Phi) is 5.65. The second-order valence-electron chi connectivity index (χ2n) is 4.53. The van der Waals surface area contributed by atoms with Crippen molar-refractivity contribution in [3.63, 3.8) is 0 Å². The molecule has 100 valence electrons. The van der Waals surface area contributed by atoms with E-state index in [-0.39, 0.29) is 5.91 Å². The maximum absolute atomic E-state index is 11.7. The molecule has 1 unspecified atom stereocenters. The molecule has 1 atom stereocenters. The van der Waals surface area contributed by atoms with Gasteiger partial charge in [-0.05, 0) is 24.5 Å². The van der Waals surface area contributed by atoms with Gasteiger partial charge >= 0.3 is 0 Å². The molecule has 0 aromatic heterocycles. The van der Waals surface area contributed by atoms with E-state index in [2.05, 4.69) is 19.2 Å². The maximum Gasteiger partial charge on any atom is 0.260 e. The highest BCUT2D eigenvalue weighted by atomic mass is 16.5. The fraction of sp³-hybridized carbons (Fsp3) is 0.500. The zero-order chi connectivity index (χ0) is 13.5. The first-order valence-corrected chi connectivity index (χ1v) is 6.29. The Labute approximate surface area is 109 Å². The van der Waals surface area contributed by atoms with Crippen LogP contribution >= 0.6 is 0 Å². The van der Waals surface area contributed by atoms with E-state index in [0.717, 1.165) is 11.3 Å². The second kappa shape index (κ2) is 7.01. The van der Waals surface area contributed by atoms with Crippen molar-refractivity contribution < 1.29 is 9.53 Å². The summed E-state index contributed by atoms with van der Waals surface area (Å²) in [4.78, 5) is 11.7. The highest BCUT2D eigenvalue weighted by Gasteiger charge is 2.16. The lowest BCUT2D eigenvalue weighted by Crippen LogP contribution is -2.38. The molecule has 4 nitrogen and oxygen atoms in total. The largest absolute Gasteiger partial charge is 0.481 e. The first kappa shape index (κ1) is 14.5. The van der Waals surface area contributed by atoms with Gasteiger partial charge in [0, 0.05) is 13.1 Å². The first-order valence-electron chi connectivity index (χ1n) is 6.29. The molecule has 3 N–H and O–H groups in total. The zero-order valence-corrected chi connectivity index (χ0v) is 11.3. The molecule has 0 aliphatic carbocycles. The third-order valence-electron chi connectivity index (χ3n) is 2.66. The van der Waals surface area contributed by atoms with Crippen LogP contribution in [0.5, 0.6) is 5.75 Å². The summed E-state index contributed by atoms with van der Waals surface area (Å²) in [5, 5.41) is 2.71. The summed E-state index contributed by atoms with van der Waals surface area (Å²) >= 11 is 0. The molecule has 0 spiro atoms. The van der Waals surface area contributed by atoms with E-state index in [1.807, 2.05) is 24.3 Å². The van der Waals surface area contributed by atoms with Gasteiger partial charge in [0.05, 0.1) is 0 Å². The van der Waals surface area contributed by atoms with Crippen LogP contribution in [0.1, 0.15) is 32.3 Å². The Morgan fingerprint density at radius 1 is 1.33 bits per heavy atom. The summed E-state index contributed by atoms with van der Waals surface area (Å²) < 4.78 is 5.71. The van der Waals surface area contributed by atoms with Gasteiger partial charge in [-0.15, -0.1) is 0 Å². The maximum atomic E-state index is 11.7. The van der Waals surface area contributed by atoms with Crippen LogP contribution in [0.3, 0.4) is 0 Å². The third kappa shape index (κ3) is 4.04. The quantitative estimate of drug-likeness (QED) is 0.807. The Morgan fingerprint density at radius 3 is 2.61 bits per heavy atom. The molecule has 0 saturated heterocycles. The van der Waals surface area contributed by atoms with E-state index in [0.29, 0.717) is 19.0 Å².